The van der Waals surface area contributed by atoms with Crippen molar-refractivity contribution in [1.29, 1.82) is 0 Å². The summed E-state index contributed by atoms with van der Waals surface area (Å²) in [5.41, 5.74) is 1.44. The van der Waals surface area contributed by atoms with E-state index in [0.29, 0.717) is 22.9 Å². The summed E-state index contributed by atoms with van der Waals surface area (Å²) in [6.07, 6.45) is 10.4. The molecule has 0 aromatic carbocycles. The summed E-state index contributed by atoms with van der Waals surface area (Å²) in [5.74, 6) is 1.99. The highest BCUT2D eigenvalue weighted by atomic mass is 32.1. The van der Waals surface area contributed by atoms with Crippen LogP contribution in [0.3, 0.4) is 0 Å². The van der Waals surface area contributed by atoms with Crippen molar-refractivity contribution in [1.82, 2.24) is 15.3 Å². The number of amides is 2. The molecule has 6 nitrogen and oxygen atoms in total. The van der Waals surface area contributed by atoms with Gasteiger partial charge in [-0.25, -0.2) is 4.98 Å². The van der Waals surface area contributed by atoms with Crippen LogP contribution < -0.4 is 10.6 Å². The zero-order valence-electron chi connectivity index (χ0n) is 18.1. The molecule has 2 aromatic heterocycles. The van der Waals surface area contributed by atoms with Crippen LogP contribution in [0.2, 0.25) is 0 Å². The van der Waals surface area contributed by atoms with E-state index < -0.39 is 6.04 Å². The van der Waals surface area contributed by atoms with Crippen LogP contribution >= 0.6 is 11.3 Å². The second-order valence-electron chi connectivity index (χ2n) is 10.2. The number of carbonyl (C=O) groups excluding carboxylic acids is 2. The molecule has 0 saturated heterocycles. The van der Waals surface area contributed by atoms with Crippen LogP contribution in [-0.4, -0.2) is 27.8 Å². The van der Waals surface area contributed by atoms with Crippen LogP contribution in [-0.2, 0) is 9.59 Å². The van der Waals surface area contributed by atoms with Crippen molar-refractivity contribution in [3.8, 4) is 11.3 Å². The number of rotatable bonds is 6. The van der Waals surface area contributed by atoms with Crippen molar-refractivity contribution < 1.29 is 9.59 Å². The van der Waals surface area contributed by atoms with Crippen LogP contribution in [0.1, 0.15) is 52.4 Å². The van der Waals surface area contributed by atoms with Crippen LogP contribution in [0.4, 0.5) is 5.13 Å². The monoisotopic (exact) mass is 438 g/mol. The molecule has 4 bridgehead atoms. The molecular formula is C24H30N4O2S. The van der Waals surface area contributed by atoms with E-state index >= 15 is 0 Å². The van der Waals surface area contributed by atoms with E-state index in [1.54, 1.807) is 12.4 Å². The van der Waals surface area contributed by atoms with Gasteiger partial charge in [-0.3, -0.25) is 14.6 Å². The van der Waals surface area contributed by atoms with Crippen molar-refractivity contribution in [2.45, 2.75) is 58.4 Å². The number of nitrogens with one attached hydrogen (secondary N) is 2. The summed E-state index contributed by atoms with van der Waals surface area (Å²) in [4.78, 5) is 35.2. The topological polar surface area (TPSA) is 84.0 Å². The van der Waals surface area contributed by atoms with E-state index in [1.807, 2.05) is 31.4 Å². The zero-order valence-corrected chi connectivity index (χ0v) is 19.0. The van der Waals surface area contributed by atoms with E-state index in [2.05, 4.69) is 20.6 Å². The highest BCUT2D eigenvalue weighted by molar-refractivity contribution is 7.14. The lowest BCUT2D eigenvalue weighted by Crippen LogP contribution is -2.57. The van der Waals surface area contributed by atoms with E-state index in [4.69, 9.17) is 0 Å². The number of carbonyl (C=O) groups is 2. The second kappa shape index (κ2) is 8.01. The second-order valence-corrected chi connectivity index (χ2v) is 11.0. The number of pyridine rings is 1. The van der Waals surface area contributed by atoms with E-state index in [1.165, 1.54) is 30.6 Å². The summed E-state index contributed by atoms with van der Waals surface area (Å²) in [7, 11) is 0. The zero-order chi connectivity index (χ0) is 21.6. The van der Waals surface area contributed by atoms with Gasteiger partial charge in [0.15, 0.2) is 5.13 Å². The molecule has 0 radical (unpaired) electrons. The first-order valence-corrected chi connectivity index (χ1v) is 12.3. The minimum Gasteiger partial charge on any atom is -0.344 e. The van der Waals surface area contributed by atoms with Gasteiger partial charge in [0.25, 0.3) is 0 Å². The smallest absolute Gasteiger partial charge is 0.248 e. The molecule has 2 amide bonds. The molecular weight excluding hydrogens is 408 g/mol. The predicted octanol–water partition coefficient (Wildman–Crippen LogP) is 4.50. The summed E-state index contributed by atoms with van der Waals surface area (Å²) in [6, 6.07) is 3.24. The quantitative estimate of drug-likeness (QED) is 0.695. The normalized spacial score (nSPS) is 29.7. The molecule has 6 rings (SSSR count). The molecule has 1 unspecified atom stereocenters. The van der Waals surface area contributed by atoms with Gasteiger partial charge in [0.2, 0.25) is 11.8 Å². The molecule has 2 N–H and O–H groups in total. The predicted molar refractivity (Wildman–Crippen MR) is 121 cm³/mol. The molecule has 4 aliphatic rings. The molecule has 0 aliphatic heterocycles. The summed E-state index contributed by atoms with van der Waals surface area (Å²) in [6.45, 7) is 3.96. The minimum absolute atomic E-state index is 0.00406. The lowest BCUT2D eigenvalue weighted by atomic mass is 9.49. The van der Waals surface area contributed by atoms with Crippen LogP contribution in [0.15, 0.2) is 29.9 Å². The van der Waals surface area contributed by atoms with Crippen molar-refractivity contribution in [2.75, 3.05) is 5.32 Å². The van der Waals surface area contributed by atoms with Gasteiger partial charge in [-0.05, 0) is 74.3 Å². The minimum atomic E-state index is -0.564. The molecule has 31 heavy (non-hydrogen) atoms. The van der Waals surface area contributed by atoms with E-state index in [9.17, 15) is 9.59 Å². The third kappa shape index (κ3) is 4.00. The fraction of sp³-hybridized carbons (Fsp3) is 0.583. The molecule has 7 heteroatoms. The van der Waals surface area contributed by atoms with Crippen molar-refractivity contribution in [3.63, 3.8) is 0 Å². The Kier molecular flexibility index (Phi) is 5.32. The standard InChI is InChI=1S/C24H30N4O2S/c1-14(2)20(21(29)28-23-26-19(13-31-23)18-4-3-5-25-12-18)27-22(30)24-9-15-6-16(10-24)8-17(7-15)11-24/h3-5,12-17,20H,6-11H2,1-2H3,(H,27,30)(H,26,28,29). The van der Waals surface area contributed by atoms with Gasteiger partial charge < -0.3 is 10.6 Å². The molecule has 164 valence electrons. The first-order chi connectivity index (χ1) is 14.9. The maximum atomic E-state index is 13.4. The van der Waals surface area contributed by atoms with E-state index in [0.717, 1.165) is 30.5 Å². The highest BCUT2D eigenvalue weighted by Crippen LogP contribution is 2.60. The third-order valence-electron chi connectivity index (χ3n) is 7.45. The Hall–Kier alpha value is -2.28. The van der Waals surface area contributed by atoms with Gasteiger partial charge >= 0.3 is 0 Å². The SMILES string of the molecule is CC(C)C(NC(=O)C12CC3CC(CC(C3)C1)C2)C(=O)Nc1nc(-c2cccnc2)cs1. The number of aromatic nitrogens is 2. The van der Waals surface area contributed by atoms with Crippen LogP contribution in [0, 0.1) is 29.1 Å². The molecule has 4 aliphatic carbocycles. The molecule has 2 aromatic rings. The average Bonchev–Trinajstić information content (AvgIpc) is 3.19. The number of hydrogen-bond donors (Lipinski definition) is 2. The van der Waals surface area contributed by atoms with Gasteiger partial charge in [0.1, 0.15) is 6.04 Å². The molecule has 0 spiro atoms. The van der Waals surface area contributed by atoms with Crippen molar-refractivity contribution in [2.24, 2.45) is 29.1 Å². The van der Waals surface area contributed by atoms with E-state index in [-0.39, 0.29) is 23.1 Å². The van der Waals surface area contributed by atoms with Gasteiger partial charge in [-0.1, -0.05) is 13.8 Å². The fourth-order valence-corrected chi connectivity index (χ4v) is 7.10. The highest BCUT2D eigenvalue weighted by Gasteiger charge is 2.55. The lowest BCUT2D eigenvalue weighted by Gasteiger charge is -2.55. The Morgan fingerprint density at radius 3 is 2.39 bits per heavy atom. The Balaban J connectivity index is 1.27. The Bertz CT molecular complexity index is 936. The van der Waals surface area contributed by atoms with Gasteiger partial charge in [-0.15, -0.1) is 11.3 Å². The van der Waals surface area contributed by atoms with Crippen molar-refractivity contribution >= 4 is 28.3 Å². The Morgan fingerprint density at radius 2 is 1.81 bits per heavy atom. The number of hydrogen-bond acceptors (Lipinski definition) is 5. The fourth-order valence-electron chi connectivity index (χ4n) is 6.38. The summed E-state index contributed by atoms with van der Waals surface area (Å²) < 4.78 is 0. The number of anilines is 1. The molecule has 2 heterocycles. The number of nitrogens with zero attached hydrogens (tertiary/aromatic N) is 2. The first-order valence-electron chi connectivity index (χ1n) is 11.4. The van der Waals surface area contributed by atoms with Gasteiger partial charge in [0.05, 0.1) is 5.69 Å². The summed E-state index contributed by atoms with van der Waals surface area (Å²) in [5, 5.41) is 8.52. The maximum absolute atomic E-state index is 13.4. The lowest BCUT2D eigenvalue weighted by molar-refractivity contribution is -0.148. The van der Waals surface area contributed by atoms with Gasteiger partial charge in [-0.2, -0.15) is 0 Å². The third-order valence-corrected chi connectivity index (χ3v) is 8.20. The Labute approximate surface area is 187 Å². The van der Waals surface area contributed by atoms with Gasteiger partial charge in [0, 0.05) is 28.8 Å². The maximum Gasteiger partial charge on any atom is 0.248 e. The largest absolute Gasteiger partial charge is 0.344 e. The first kappa shape index (κ1) is 20.6. The molecule has 4 saturated carbocycles. The number of thiazole rings is 1. The Morgan fingerprint density at radius 1 is 1.13 bits per heavy atom. The van der Waals surface area contributed by atoms with Crippen LogP contribution in [0.5, 0.6) is 0 Å². The van der Waals surface area contributed by atoms with Crippen LogP contribution in [0.25, 0.3) is 11.3 Å². The van der Waals surface area contributed by atoms with Crippen molar-refractivity contribution in [3.05, 3.63) is 29.9 Å². The average molecular weight is 439 g/mol. The molecule has 4 fully saturated rings. The molecule has 1 atom stereocenters. The summed E-state index contributed by atoms with van der Waals surface area (Å²) >= 11 is 1.38.